The van der Waals surface area contributed by atoms with E-state index in [1.165, 1.54) is 11.1 Å². The maximum atomic E-state index is 11.4. The number of hydrogen-bond donors (Lipinski definition) is 2. The lowest BCUT2D eigenvalue weighted by molar-refractivity contribution is -0.0948. The summed E-state index contributed by atoms with van der Waals surface area (Å²) in [6.45, 7) is 26.7. The fourth-order valence-electron chi connectivity index (χ4n) is 4.89. The lowest BCUT2D eigenvalue weighted by atomic mass is 9.83. The van der Waals surface area contributed by atoms with E-state index in [2.05, 4.69) is 113 Å². The lowest BCUT2D eigenvalue weighted by Crippen LogP contribution is -2.49. The highest BCUT2D eigenvalue weighted by molar-refractivity contribution is 6.74. The first kappa shape index (κ1) is 36.8. The Balaban J connectivity index is 2.80. The summed E-state index contributed by atoms with van der Waals surface area (Å²) in [7, 11) is -1.95. The lowest BCUT2D eigenvalue weighted by Gasteiger charge is -2.44. The van der Waals surface area contributed by atoms with Crippen molar-refractivity contribution in [3.05, 3.63) is 59.8 Å². The molecule has 0 saturated heterocycles. The molecule has 0 aliphatic carbocycles. The van der Waals surface area contributed by atoms with Crippen molar-refractivity contribution in [1.82, 2.24) is 0 Å². The monoisotopic (exact) mass is 574 g/mol. The first-order chi connectivity index (χ1) is 18.5. The largest absolute Gasteiger partial charge is 0.413 e. The third-order valence-electron chi connectivity index (χ3n) is 8.87. The van der Waals surface area contributed by atoms with Crippen molar-refractivity contribution < 1.29 is 19.4 Å². The standard InChI is InChI=1S/C35H62O4Si/c1-13-27(5)34(39-40(11,12)35(8,9)10)29(7)33(37)28(6)23-25(3)17-15-18-26(4)24-30(14-2)21-22-31-19-16-20-32(36)38-31/h15-17,20-24,26-29,31-34,36-37H,13-14,18-19H2,1-12H3/b17-15+,22-21+,25-23+,30-24-/t26-,27+,28-,29-,31-,32?,33-,34-/m1/s1. The van der Waals surface area contributed by atoms with Crippen molar-refractivity contribution in [2.24, 2.45) is 23.7 Å². The van der Waals surface area contributed by atoms with Crippen LogP contribution in [0.1, 0.15) is 94.9 Å². The van der Waals surface area contributed by atoms with Gasteiger partial charge in [-0.2, -0.15) is 0 Å². The molecule has 1 rings (SSSR count). The smallest absolute Gasteiger partial charge is 0.192 e. The zero-order valence-corrected chi connectivity index (χ0v) is 28.8. The van der Waals surface area contributed by atoms with Gasteiger partial charge in [0.1, 0.15) is 0 Å². The van der Waals surface area contributed by atoms with E-state index in [4.69, 9.17) is 9.16 Å². The number of hydrogen-bond acceptors (Lipinski definition) is 4. The Morgan fingerprint density at radius 1 is 1.10 bits per heavy atom. The number of aliphatic hydroxyl groups excluding tert-OH is 2. The Morgan fingerprint density at radius 3 is 2.30 bits per heavy atom. The van der Waals surface area contributed by atoms with Crippen LogP contribution < -0.4 is 0 Å². The minimum atomic E-state index is -1.95. The van der Waals surface area contributed by atoms with Crippen molar-refractivity contribution in [2.45, 2.75) is 138 Å². The minimum absolute atomic E-state index is 0.0405. The van der Waals surface area contributed by atoms with E-state index in [1.54, 1.807) is 6.08 Å². The third-order valence-corrected chi connectivity index (χ3v) is 13.3. The van der Waals surface area contributed by atoms with Crippen LogP contribution >= 0.6 is 0 Å². The second-order valence-electron chi connectivity index (χ2n) is 13.6. The molecule has 40 heavy (non-hydrogen) atoms. The van der Waals surface area contributed by atoms with Gasteiger partial charge in [0.15, 0.2) is 14.6 Å². The van der Waals surface area contributed by atoms with Gasteiger partial charge in [-0.15, -0.1) is 0 Å². The van der Waals surface area contributed by atoms with Crippen molar-refractivity contribution in [3.8, 4) is 0 Å². The van der Waals surface area contributed by atoms with E-state index >= 15 is 0 Å². The zero-order chi connectivity index (χ0) is 30.7. The molecule has 1 aliphatic heterocycles. The van der Waals surface area contributed by atoms with Gasteiger partial charge in [-0.3, -0.25) is 0 Å². The van der Waals surface area contributed by atoms with Gasteiger partial charge in [0, 0.05) is 11.8 Å². The molecule has 1 heterocycles. The van der Waals surface area contributed by atoms with Crippen LogP contribution in [0.3, 0.4) is 0 Å². The molecular weight excluding hydrogens is 512 g/mol. The molecule has 1 aliphatic rings. The van der Waals surface area contributed by atoms with Gasteiger partial charge in [-0.05, 0) is 62.2 Å². The van der Waals surface area contributed by atoms with Crippen LogP contribution in [-0.4, -0.2) is 43.1 Å². The van der Waals surface area contributed by atoms with Gasteiger partial charge < -0.3 is 19.4 Å². The molecule has 230 valence electrons. The average Bonchev–Trinajstić information content (AvgIpc) is 2.87. The molecule has 5 heteroatoms. The van der Waals surface area contributed by atoms with Gasteiger partial charge in [0.25, 0.3) is 0 Å². The van der Waals surface area contributed by atoms with E-state index in [9.17, 15) is 10.2 Å². The fourth-order valence-corrected chi connectivity index (χ4v) is 6.37. The van der Waals surface area contributed by atoms with Crippen LogP contribution in [0, 0.1) is 23.7 Å². The summed E-state index contributed by atoms with van der Waals surface area (Å²) in [4.78, 5) is 0. The van der Waals surface area contributed by atoms with Crippen molar-refractivity contribution >= 4 is 8.32 Å². The summed E-state index contributed by atoms with van der Waals surface area (Å²) in [5, 5.41) is 21.2. The van der Waals surface area contributed by atoms with Crippen LogP contribution in [0.5, 0.6) is 0 Å². The van der Waals surface area contributed by atoms with E-state index in [1.807, 2.05) is 12.2 Å². The Hall–Kier alpha value is -1.24. The molecule has 0 aromatic carbocycles. The van der Waals surface area contributed by atoms with Crippen molar-refractivity contribution in [2.75, 3.05) is 0 Å². The van der Waals surface area contributed by atoms with Gasteiger partial charge in [-0.1, -0.05) is 122 Å². The topological polar surface area (TPSA) is 58.9 Å². The van der Waals surface area contributed by atoms with Gasteiger partial charge in [0.05, 0.1) is 18.3 Å². The maximum Gasteiger partial charge on any atom is 0.192 e. The van der Waals surface area contributed by atoms with Crippen molar-refractivity contribution in [1.29, 1.82) is 0 Å². The average molecular weight is 575 g/mol. The minimum Gasteiger partial charge on any atom is -0.413 e. The summed E-state index contributed by atoms with van der Waals surface area (Å²) in [6.07, 6.45) is 19.2. The summed E-state index contributed by atoms with van der Waals surface area (Å²) in [5.41, 5.74) is 2.46. The highest BCUT2D eigenvalue weighted by Crippen LogP contribution is 2.40. The predicted octanol–water partition coefficient (Wildman–Crippen LogP) is 9.14. The van der Waals surface area contributed by atoms with Gasteiger partial charge in [-0.25, -0.2) is 0 Å². The molecule has 0 bridgehead atoms. The van der Waals surface area contributed by atoms with E-state index in [0.717, 1.165) is 25.7 Å². The second-order valence-corrected chi connectivity index (χ2v) is 18.4. The molecule has 8 atom stereocenters. The Kier molecular flexibility index (Phi) is 15.6. The van der Waals surface area contributed by atoms with Crippen LogP contribution in [0.2, 0.25) is 18.1 Å². The summed E-state index contributed by atoms with van der Waals surface area (Å²) in [5.74, 6) is 0.898. The summed E-state index contributed by atoms with van der Waals surface area (Å²) >= 11 is 0. The van der Waals surface area contributed by atoms with Crippen LogP contribution in [0.15, 0.2) is 59.8 Å². The Labute approximate surface area is 248 Å². The fraction of sp³-hybridized carbons (Fsp3) is 0.714. The first-order valence-corrected chi connectivity index (χ1v) is 18.5. The molecule has 0 radical (unpaired) electrons. The molecule has 0 aromatic heterocycles. The molecule has 4 nitrogen and oxygen atoms in total. The molecular formula is C35H62O4Si. The Bertz CT molecular complexity index is 892. The van der Waals surface area contributed by atoms with Crippen molar-refractivity contribution in [3.63, 3.8) is 0 Å². The molecule has 2 N–H and O–H groups in total. The quantitative estimate of drug-likeness (QED) is 0.116. The van der Waals surface area contributed by atoms with Crippen LogP contribution in [0.25, 0.3) is 0 Å². The van der Waals surface area contributed by atoms with E-state index in [0.29, 0.717) is 11.8 Å². The number of rotatable bonds is 15. The van der Waals surface area contributed by atoms with E-state index < -0.39 is 20.7 Å². The van der Waals surface area contributed by atoms with E-state index in [-0.39, 0.29) is 29.1 Å². The molecule has 0 aromatic rings. The van der Waals surface area contributed by atoms with Crippen LogP contribution in [-0.2, 0) is 9.16 Å². The molecule has 0 fully saturated rings. The number of ether oxygens (including phenoxy) is 1. The zero-order valence-electron chi connectivity index (χ0n) is 27.8. The highest BCUT2D eigenvalue weighted by atomic mass is 28.4. The SMILES string of the molecule is CCC(=C/[C@H](C)C/C=C/C(C)=C/[C@@H](C)[C@@H](O)[C@@H](C)[C@H](O[Si](C)(C)C(C)(C)C)[C@@H](C)CC)/C=C/[C@H]1CC=CC(O)O1. The van der Waals surface area contributed by atoms with Crippen LogP contribution in [0.4, 0.5) is 0 Å². The molecule has 0 amide bonds. The molecule has 0 spiro atoms. The maximum absolute atomic E-state index is 11.4. The van der Waals surface area contributed by atoms with Gasteiger partial charge in [0.2, 0.25) is 0 Å². The highest BCUT2D eigenvalue weighted by Gasteiger charge is 2.42. The summed E-state index contributed by atoms with van der Waals surface area (Å²) < 4.78 is 12.4. The molecule has 0 saturated carbocycles. The first-order valence-electron chi connectivity index (χ1n) is 15.6. The Morgan fingerprint density at radius 2 is 1.75 bits per heavy atom. The number of allylic oxidation sites excluding steroid dienone is 6. The molecule has 1 unspecified atom stereocenters. The van der Waals surface area contributed by atoms with Gasteiger partial charge >= 0.3 is 0 Å². The normalized spacial score (nSPS) is 24.4. The summed E-state index contributed by atoms with van der Waals surface area (Å²) in [6, 6.07) is 0. The predicted molar refractivity (Wildman–Crippen MR) is 175 cm³/mol. The second kappa shape index (κ2) is 17.0. The third kappa shape index (κ3) is 12.3. The number of aliphatic hydroxyl groups is 2.